The molecule has 1 fully saturated rings. The maximum atomic E-state index is 12.9. The second-order valence-corrected chi connectivity index (χ2v) is 11.8. The van der Waals surface area contributed by atoms with Gasteiger partial charge in [0.1, 0.15) is 10.7 Å². The standard InChI is InChI=1S/C29H27ClN6O2S2/c30-21-8-10-23(11-9-21)36-27(25-7-4-16-38-25)33-34-29(36)40-19-26-32-24(18-39-26)28(37)31-22-12-14-35(15-13-22)17-20-5-2-1-3-6-20/h1-11,16,18,22H,12-15,17,19H2,(H,31,37). The number of piperidine rings is 1. The Labute approximate surface area is 245 Å². The van der Waals surface area contributed by atoms with Crippen LogP contribution in [-0.4, -0.2) is 49.7 Å². The fraction of sp³-hybridized carbons (Fsp3) is 0.241. The highest BCUT2D eigenvalue weighted by molar-refractivity contribution is 7.98. The largest absolute Gasteiger partial charge is 0.461 e. The molecule has 1 aliphatic rings. The number of thiazole rings is 1. The van der Waals surface area contributed by atoms with E-state index < -0.39 is 0 Å². The summed E-state index contributed by atoms with van der Waals surface area (Å²) >= 11 is 9.09. The zero-order valence-electron chi connectivity index (χ0n) is 21.6. The Morgan fingerprint density at radius 2 is 1.85 bits per heavy atom. The van der Waals surface area contributed by atoms with Crippen molar-refractivity contribution < 1.29 is 9.21 Å². The Hall–Kier alpha value is -3.44. The van der Waals surface area contributed by atoms with Crippen LogP contribution in [0.4, 0.5) is 0 Å². The van der Waals surface area contributed by atoms with Crippen LogP contribution in [-0.2, 0) is 12.3 Å². The number of carbonyl (C=O) groups is 1. The smallest absolute Gasteiger partial charge is 0.270 e. The lowest BCUT2D eigenvalue weighted by Gasteiger charge is -2.32. The van der Waals surface area contributed by atoms with Crippen LogP contribution < -0.4 is 5.32 Å². The molecule has 0 saturated carbocycles. The molecule has 8 nitrogen and oxygen atoms in total. The van der Waals surface area contributed by atoms with E-state index in [1.165, 1.54) is 28.7 Å². The van der Waals surface area contributed by atoms with E-state index in [0.717, 1.165) is 43.2 Å². The summed E-state index contributed by atoms with van der Waals surface area (Å²) in [6, 6.07) is 21.8. The van der Waals surface area contributed by atoms with Crippen LogP contribution >= 0.6 is 34.7 Å². The maximum Gasteiger partial charge on any atom is 0.270 e. The van der Waals surface area contributed by atoms with E-state index in [2.05, 4.69) is 49.7 Å². The Bertz CT molecular complexity index is 1550. The molecule has 5 aromatic rings. The van der Waals surface area contributed by atoms with Crippen molar-refractivity contribution >= 4 is 40.6 Å². The number of hydrogen-bond donors (Lipinski definition) is 1. The van der Waals surface area contributed by atoms with E-state index in [-0.39, 0.29) is 11.9 Å². The molecule has 40 heavy (non-hydrogen) atoms. The molecule has 1 saturated heterocycles. The Kier molecular flexibility index (Phi) is 8.29. The van der Waals surface area contributed by atoms with Crippen molar-refractivity contribution in [2.45, 2.75) is 36.3 Å². The average molecular weight is 591 g/mol. The molecule has 4 heterocycles. The van der Waals surface area contributed by atoms with Crippen molar-refractivity contribution in [3.8, 4) is 17.3 Å². The quantitative estimate of drug-likeness (QED) is 0.201. The first kappa shape index (κ1) is 26.8. The second-order valence-electron chi connectivity index (χ2n) is 9.52. The van der Waals surface area contributed by atoms with Gasteiger partial charge in [-0.05, 0) is 54.8 Å². The zero-order chi connectivity index (χ0) is 27.3. The van der Waals surface area contributed by atoms with E-state index in [1.54, 1.807) is 6.26 Å². The highest BCUT2D eigenvalue weighted by Gasteiger charge is 2.23. The first-order chi connectivity index (χ1) is 19.6. The van der Waals surface area contributed by atoms with Crippen LogP contribution in [0.5, 0.6) is 0 Å². The molecule has 11 heteroatoms. The molecule has 1 N–H and O–H groups in total. The zero-order valence-corrected chi connectivity index (χ0v) is 24.0. The topological polar surface area (TPSA) is 89.1 Å². The van der Waals surface area contributed by atoms with Gasteiger partial charge in [-0.15, -0.1) is 21.5 Å². The minimum absolute atomic E-state index is 0.113. The van der Waals surface area contributed by atoms with E-state index in [9.17, 15) is 4.79 Å². The van der Waals surface area contributed by atoms with Gasteiger partial charge in [0, 0.05) is 41.8 Å². The SMILES string of the molecule is O=C(NC1CCN(Cc2ccccc2)CC1)c1csc(CSc2nnc(-c3ccco3)n2-c2ccc(Cl)cc2)n1. The number of hydrogen-bond acceptors (Lipinski definition) is 8. The molecule has 0 aliphatic carbocycles. The summed E-state index contributed by atoms with van der Waals surface area (Å²) in [7, 11) is 0. The lowest BCUT2D eigenvalue weighted by Crippen LogP contribution is -2.44. The fourth-order valence-corrected chi connectivity index (χ4v) is 6.57. The van der Waals surface area contributed by atoms with Gasteiger partial charge in [-0.2, -0.15) is 0 Å². The molecule has 204 valence electrons. The van der Waals surface area contributed by atoms with Crippen molar-refractivity contribution in [3.05, 3.63) is 99.7 Å². The van der Waals surface area contributed by atoms with Crippen LogP contribution in [0, 0.1) is 0 Å². The van der Waals surface area contributed by atoms with Gasteiger partial charge in [0.15, 0.2) is 10.9 Å². The number of halogens is 1. The predicted octanol–water partition coefficient (Wildman–Crippen LogP) is 6.32. The highest BCUT2D eigenvalue weighted by atomic mass is 35.5. The average Bonchev–Trinajstić information content (AvgIpc) is 3.75. The van der Waals surface area contributed by atoms with E-state index in [4.69, 9.17) is 16.0 Å². The van der Waals surface area contributed by atoms with Crippen molar-refractivity contribution in [1.82, 2.24) is 30.0 Å². The van der Waals surface area contributed by atoms with E-state index >= 15 is 0 Å². The summed E-state index contributed by atoms with van der Waals surface area (Å²) < 4.78 is 7.53. The molecule has 1 aliphatic heterocycles. The molecule has 2 aromatic carbocycles. The van der Waals surface area contributed by atoms with Gasteiger partial charge in [-0.1, -0.05) is 53.7 Å². The number of nitrogens with zero attached hydrogens (tertiary/aromatic N) is 5. The molecule has 0 atom stereocenters. The lowest BCUT2D eigenvalue weighted by molar-refractivity contribution is 0.0904. The number of nitrogens with one attached hydrogen (secondary N) is 1. The number of likely N-dealkylation sites (tertiary alicyclic amines) is 1. The Morgan fingerprint density at radius 1 is 1.05 bits per heavy atom. The highest BCUT2D eigenvalue weighted by Crippen LogP contribution is 2.31. The number of amides is 1. The second kappa shape index (κ2) is 12.4. The molecule has 6 rings (SSSR count). The number of aromatic nitrogens is 4. The van der Waals surface area contributed by atoms with Gasteiger partial charge in [-0.3, -0.25) is 14.3 Å². The minimum Gasteiger partial charge on any atom is -0.461 e. The van der Waals surface area contributed by atoms with Crippen LogP contribution in [0.3, 0.4) is 0 Å². The Morgan fingerprint density at radius 3 is 2.60 bits per heavy atom. The molecule has 0 spiro atoms. The lowest BCUT2D eigenvalue weighted by atomic mass is 10.0. The van der Waals surface area contributed by atoms with Gasteiger partial charge < -0.3 is 9.73 Å². The summed E-state index contributed by atoms with van der Waals surface area (Å²) in [4.78, 5) is 20.0. The van der Waals surface area contributed by atoms with E-state index in [1.807, 2.05) is 52.4 Å². The number of furan rings is 1. The third-order valence-corrected chi connectivity index (χ3v) is 8.96. The number of thioether (sulfide) groups is 1. The van der Waals surface area contributed by atoms with Gasteiger partial charge in [0.05, 0.1) is 12.0 Å². The molecule has 0 bridgehead atoms. The summed E-state index contributed by atoms with van der Waals surface area (Å²) in [5.74, 6) is 1.66. The molecular formula is C29H27ClN6O2S2. The van der Waals surface area contributed by atoms with Gasteiger partial charge in [-0.25, -0.2) is 4.98 Å². The summed E-state index contributed by atoms with van der Waals surface area (Å²) in [6.07, 6.45) is 3.48. The molecule has 1 amide bonds. The molecular weight excluding hydrogens is 564 g/mol. The number of carbonyl (C=O) groups excluding carboxylic acids is 1. The predicted molar refractivity (Wildman–Crippen MR) is 158 cm³/mol. The molecule has 0 radical (unpaired) electrons. The summed E-state index contributed by atoms with van der Waals surface area (Å²) in [5.41, 5.74) is 2.65. The maximum absolute atomic E-state index is 12.9. The van der Waals surface area contributed by atoms with Crippen molar-refractivity contribution in [2.24, 2.45) is 0 Å². The normalized spacial score (nSPS) is 14.4. The van der Waals surface area contributed by atoms with Crippen LogP contribution in [0.2, 0.25) is 5.02 Å². The molecule has 3 aromatic heterocycles. The first-order valence-electron chi connectivity index (χ1n) is 13.0. The van der Waals surface area contributed by atoms with Gasteiger partial charge in [0.25, 0.3) is 5.91 Å². The van der Waals surface area contributed by atoms with Crippen LogP contribution in [0.25, 0.3) is 17.3 Å². The fourth-order valence-electron chi connectivity index (χ4n) is 4.70. The van der Waals surface area contributed by atoms with Crippen LogP contribution in [0.15, 0.2) is 87.9 Å². The monoisotopic (exact) mass is 590 g/mol. The summed E-state index contributed by atoms with van der Waals surface area (Å²) in [5, 5.41) is 16.0. The van der Waals surface area contributed by atoms with Gasteiger partial charge >= 0.3 is 0 Å². The van der Waals surface area contributed by atoms with Crippen molar-refractivity contribution in [3.63, 3.8) is 0 Å². The first-order valence-corrected chi connectivity index (χ1v) is 15.3. The van der Waals surface area contributed by atoms with Crippen molar-refractivity contribution in [2.75, 3.05) is 13.1 Å². The molecule has 0 unspecified atom stereocenters. The third kappa shape index (κ3) is 6.31. The van der Waals surface area contributed by atoms with E-state index in [0.29, 0.717) is 33.2 Å². The summed E-state index contributed by atoms with van der Waals surface area (Å²) in [6.45, 7) is 2.88. The van der Waals surface area contributed by atoms with Crippen LogP contribution in [0.1, 0.15) is 33.9 Å². The van der Waals surface area contributed by atoms with Crippen molar-refractivity contribution in [1.29, 1.82) is 0 Å². The van der Waals surface area contributed by atoms with Gasteiger partial charge in [0.2, 0.25) is 5.82 Å². The third-order valence-electron chi connectivity index (χ3n) is 6.74. The Balaban J connectivity index is 1.06. The number of benzene rings is 2. The number of rotatable bonds is 9. The minimum atomic E-state index is -0.113.